The van der Waals surface area contributed by atoms with E-state index in [2.05, 4.69) is 0 Å². The van der Waals surface area contributed by atoms with E-state index in [0.717, 1.165) is 12.0 Å². The first-order chi connectivity index (χ1) is 8.48. The Bertz CT molecular complexity index is 463. The second-order valence-corrected chi connectivity index (χ2v) is 5.25. The van der Waals surface area contributed by atoms with E-state index in [1.54, 1.807) is 11.0 Å². The lowest BCUT2D eigenvalue weighted by molar-refractivity contribution is -0.126. The van der Waals surface area contributed by atoms with E-state index in [1.807, 2.05) is 51.2 Å². The van der Waals surface area contributed by atoms with Crippen molar-refractivity contribution in [3.8, 4) is 0 Å². The fourth-order valence-corrected chi connectivity index (χ4v) is 1.89. The monoisotopic (exact) mass is 245 g/mol. The van der Waals surface area contributed by atoms with Gasteiger partial charge in [-0.05, 0) is 13.8 Å². The van der Waals surface area contributed by atoms with E-state index >= 15 is 0 Å². The molecule has 0 aromatic heterocycles. The minimum absolute atomic E-state index is 0.00986. The average Bonchev–Trinajstić information content (AvgIpc) is 2.35. The summed E-state index contributed by atoms with van der Waals surface area (Å²) in [5, 5.41) is 0. The molecule has 1 aliphatic rings. The van der Waals surface area contributed by atoms with Gasteiger partial charge in [-0.15, -0.1) is 0 Å². The number of hydrogen-bond donors (Lipinski definition) is 0. The molecule has 0 bridgehead atoms. The fourth-order valence-electron chi connectivity index (χ4n) is 1.89. The summed E-state index contributed by atoms with van der Waals surface area (Å²) in [6, 6.07) is 9.75. The van der Waals surface area contributed by atoms with Gasteiger partial charge >= 0.3 is 0 Å². The summed E-state index contributed by atoms with van der Waals surface area (Å²) >= 11 is 0. The molecule has 96 valence electrons. The lowest BCUT2D eigenvalue weighted by atomic mass is 10.0. The molecule has 0 saturated carbocycles. The van der Waals surface area contributed by atoms with E-state index in [0.29, 0.717) is 12.3 Å². The fraction of sp³-hybridized carbons (Fsp3) is 0.400. The molecule has 2 rings (SSSR count). The highest BCUT2D eigenvalue weighted by molar-refractivity contribution is 5.94. The molecule has 1 aliphatic heterocycles. The summed E-state index contributed by atoms with van der Waals surface area (Å²) in [5.41, 5.74) is 0.672. The number of amides is 1. The highest BCUT2D eigenvalue weighted by atomic mass is 16.5. The zero-order valence-corrected chi connectivity index (χ0v) is 11.1. The number of likely N-dealkylation sites (N-methyl/N-ethyl adjacent to an activating group) is 1. The van der Waals surface area contributed by atoms with Crippen molar-refractivity contribution in [1.82, 2.24) is 4.90 Å². The van der Waals surface area contributed by atoms with E-state index < -0.39 is 0 Å². The minimum Gasteiger partial charge on any atom is -0.487 e. The molecule has 3 heteroatoms. The highest BCUT2D eigenvalue weighted by Gasteiger charge is 2.26. The molecule has 0 saturated heterocycles. The molecule has 0 unspecified atom stereocenters. The molecule has 3 nitrogen and oxygen atoms in total. The molecular formula is C15H19NO2. The maximum atomic E-state index is 11.9. The van der Waals surface area contributed by atoms with Crippen LogP contribution >= 0.6 is 0 Å². The van der Waals surface area contributed by atoms with Crippen LogP contribution in [0.25, 0.3) is 5.76 Å². The number of benzene rings is 1. The van der Waals surface area contributed by atoms with Crippen molar-refractivity contribution < 1.29 is 9.53 Å². The Morgan fingerprint density at radius 2 is 1.89 bits per heavy atom. The van der Waals surface area contributed by atoms with Crippen LogP contribution in [0.2, 0.25) is 0 Å². The first kappa shape index (κ1) is 12.7. The molecule has 0 N–H and O–H groups in total. The average molecular weight is 245 g/mol. The lowest BCUT2D eigenvalue weighted by Crippen LogP contribution is -2.36. The van der Waals surface area contributed by atoms with Gasteiger partial charge in [0.15, 0.2) is 0 Å². The van der Waals surface area contributed by atoms with E-state index in [-0.39, 0.29) is 11.5 Å². The quantitative estimate of drug-likeness (QED) is 0.761. The van der Waals surface area contributed by atoms with Crippen LogP contribution < -0.4 is 0 Å². The molecular weight excluding hydrogens is 226 g/mol. The number of carbonyl (C=O) groups is 1. The lowest BCUT2D eigenvalue weighted by Gasteiger charge is -2.32. The van der Waals surface area contributed by atoms with Crippen molar-refractivity contribution in [2.75, 3.05) is 13.6 Å². The van der Waals surface area contributed by atoms with Crippen LogP contribution in [-0.2, 0) is 9.53 Å². The van der Waals surface area contributed by atoms with Crippen molar-refractivity contribution in [1.29, 1.82) is 0 Å². The second-order valence-electron chi connectivity index (χ2n) is 5.25. The van der Waals surface area contributed by atoms with Gasteiger partial charge in [-0.2, -0.15) is 0 Å². The third-order valence-corrected chi connectivity index (χ3v) is 3.12. The third-order valence-electron chi connectivity index (χ3n) is 3.12. The second kappa shape index (κ2) is 4.84. The van der Waals surface area contributed by atoms with Crippen LogP contribution in [0, 0.1) is 0 Å². The van der Waals surface area contributed by atoms with Crippen LogP contribution in [0.4, 0.5) is 0 Å². The molecule has 18 heavy (non-hydrogen) atoms. The van der Waals surface area contributed by atoms with Gasteiger partial charge in [0, 0.05) is 31.7 Å². The van der Waals surface area contributed by atoms with Crippen LogP contribution in [0.15, 0.2) is 36.4 Å². The largest absolute Gasteiger partial charge is 0.487 e. The van der Waals surface area contributed by atoms with Gasteiger partial charge in [-0.1, -0.05) is 30.3 Å². The van der Waals surface area contributed by atoms with E-state index in [4.69, 9.17) is 4.74 Å². The van der Waals surface area contributed by atoms with Crippen molar-refractivity contribution >= 4 is 11.7 Å². The molecule has 0 radical (unpaired) electrons. The first-order valence-corrected chi connectivity index (χ1v) is 6.19. The number of hydrogen-bond acceptors (Lipinski definition) is 2. The highest BCUT2D eigenvalue weighted by Crippen LogP contribution is 2.27. The van der Waals surface area contributed by atoms with Crippen LogP contribution in [0.5, 0.6) is 0 Å². The molecule has 1 amide bonds. The summed E-state index contributed by atoms with van der Waals surface area (Å²) in [5.74, 6) is 0.640. The Morgan fingerprint density at radius 1 is 1.22 bits per heavy atom. The van der Waals surface area contributed by atoms with Crippen molar-refractivity contribution in [3.05, 3.63) is 42.0 Å². The predicted octanol–water partition coefficient (Wildman–Crippen LogP) is 2.68. The molecule has 0 atom stereocenters. The molecule has 1 aromatic rings. The van der Waals surface area contributed by atoms with Crippen LogP contribution in [0.1, 0.15) is 25.8 Å². The third kappa shape index (κ3) is 2.92. The SMILES string of the molecule is CN1CCC(C)(C)O/C(c2ccccc2)=C\C1=O. The Morgan fingerprint density at radius 3 is 2.56 bits per heavy atom. The standard InChI is InChI=1S/C15H19NO2/c1-15(2)9-10-16(3)14(17)11-13(18-15)12-7-5-4-6-8-12/h4-8,11H,9-10H2,1-3H3/b13-11-. The van der Waals surface area contributed by atoms with Gasteiger partial charge in [0.2, 0.25) is 5.91 Å². The number of rotatable bonds is 1. The smallest absolute Gasteiger partial charge is 0.250 e. The Hall–Kier alpha value is -1.77. The van der Waals surface area contributed by atoms with Gasteiger partial charge < -0.3 is 9.64 Å². The molecule has 0 spiro atoms. The topological polar surface area (TPSA) is 29.5 Å². The van der Waals surface area contributed by atoms with Gasteiger partial charge in [0.1, 0.15) is 11.4 Å². The van der Waals surface area contributed by atoms with Crippen molar-refractivity contribution in [2.24, 2.45) is 0 Å². The van der Waals surface area contributed by atoms with Crippen LogP contribution in [0.3, 0.4) is 0 Å². The molecule has 0 aliphatic carbocycles. The van der Waals surface area contributed by atoms with Gasteiger partial charge in [0.05, 0.1) is 0 Å². The number of carbonyl (C=O) groups excluding carboxylic acids is 1. The van der Waals surface area contributed by atoms with Crippen molar-refractivity contribution in [2.45, 2.75) is 25.9 Å². The number of nitrogens with zero attached hydrogens (tertiary/aromatic N) is 1. The van der Waals surface area contributed by atoms with Gasteiger partial charge in [-0.25, -0.2) is 0 Å². The molecule has 1 heterocycles. The Labute approximate surface area is 108 Å². The summed E-state index contributed by atoms with van der Waals surface area (Å²) in [7, 11) is 1.82. The zero-order chi connectivity index (χ0) is 13.2. The first-order valence-electron chi connectivity index (χ1n) is 6.19. The summed E-state index contributed by atoms with van der Waals surface area (Å²) < 4.78 is 6.00. The minimum atomic E-state index is -0.267. The summed E-state index contributed by atoms with van der Waals surface area (Å²) in [6.45, 7) is 4.81. The van der Waals surface area contributed by atoms with Gasteiger partial charge in [0.25, 0.3) is 0 Å². The maximum absolute atomic E-state index is 11.9. The molecule has 0 fully saturated rings. The normalized spacial score (nSPS) is 22.5. The Kier molecular flexibility index (Phi) is 3.41. The van der Waals surface area contributed by atoms with Gasteiger partial charge in [-0.3, -0.25) is 4.79 Å². The predicted molar refractivity (Wildman–Crippen MR) is 71.8 cm³/mol. The molecule has 1 aromatic carbocycles. The number of ether oxygens (including phenoxy) is 1. The summed E-state index contributed by atoms with van der Waals surface area (Å²) in [6.07, 6.45) is 2.40. The van der Waals surface area contributed by atoms with Crippen LogP contribution in [-0.4, -0.2) is 30.0 Å². The maximum Gasteiger partial charge on any atom is 0.250 e. The zero-order valence-electron chi connectivity index (χ0n) is 11.1. The van der Waals surface area contributed by atoms with E-state index in [1.165, 1.54) is 0 Å². The van der Waals surface area contributed by atoms with Crippen molar-refractivity contribution in [3.63, 3.8) is 0 Å². The summed E-state index contributed by atoms with van der Waals surface area (Å²) in [4.78, 5) is 13.7. The van der Waals surface area contributed by atoms with E-state index in [9.17, 15) is 4.79 Å². The Balaban J connectivity index is 2.38.